The molecule has 0 radical (unpaired) electrons. The summed E-state index contributed by atoms with van der Waals surface area (Å²) in [6.45, 7) is 1.83. The molecule has 3 aromatic carbocycles. The summed E-state index contributed by atoms with van der Waals surface area (Å²) >= 11 is 5.95. The number of anilines is 1. The van der Waals surface area contributed by atoms with Crippen molar-refractivity contribution in [3.05, 3.63) is 128 Å². The molecular weight excluding hydrogens is 551 g/mol. The Labute approximate surface area is 238 Å². The van der Waals surface area contributed by atoms with Crippen LogP contribution in [-0.4, -0.2) is 15.5 Å². The predicted molar refractivity (Wildman–Crippen MR) is 157 cm³/mol. The Hall–Kier alpha value is -4.69. The van der Waals surface area contributed by atoms with E-state index in [1.807, 2.05) is 37.3 Å². The molecule has 0 aliphatic rings. The normalized spacial score (nSPS) is 11.8. The maximum atomic E-state index is 13.5. The number of carbonyl (C=O) groups is 1. The molecule has 2 heterocycles. The molecule has 0 aliphatic heterocycles. The number of nitrogens with one attached hydrogen (secondary N) is 1. The molecule has 0 saturated heterocycles. The van der Waals surface area contributed by atoms with Crippen molar-refractivity contribution in [1.82, 2.24) is 9.55 Å². The van der Waals surface area contributed by atoms with Crippen LogP contribution in [0.15, 0.2) is 89.9 Å². The second kappa shape index (κ2) is 11.1. The van der Waals surface area contributed by atoms with Crippen molar-refractivity contribution in [3.63, 3.8) is 0 Å². The maximum absolute atomic E-state index is 13.5. The number of hydrogen-bond donors (Lipinski definition) is 1. The van der Waals surface area contributed by atoms with Gasteiger partial charge in [0.2, 0.25) is 0 Å². The smallest absolute Gasteiger partial charge is 0.322 e. The molecule has 2 aromatic heterocycles. The number of benzene rings is 3. The van der Waals surface area contributed by atoms with Crippen LogP contribution in [0.3, 0.4) is 0 Å². The van der Waals surface area contributed by atoms with Gasteiger partial charge in [0, 0.05) is 40.5 Å². The highest BCUT2D eigenvalue weighted by Gasteiger charge is 2.31. The Morgan fingerprint density at radius 3 is 2.44 bits per heavy atom. The lowest BCUT2D eigenvalue weighted by atomic mass is 9.99. The van der Waals surface area contributed by atoms with Crippen LogP contribution in [0.5, 0.6) is 0 Å². The topological polar surface area (TPSA) is 64.0 Å². The molecule has 9 heteroatoms. The summed E-state index contributed by atoms with van der Waals surface area (Å²) in [7, 11) is 1.68. The number of halogens is 4. The molecule has 0 atom stereocenters. The van der Waals surface area contributed by atoms with Gasteiger partial charge in [-0.15, -0.1) is 0 Å². The van der Waals surface area contributed by atoms with Gasteiger partial charge in [-0.1, -0.05) is 41.9 Å². The van der Waals surface area contributed by atoms with Crippen LogP contribution in [-0.2, 0) is 13.2 Å². The second-order valence-electron chi connectivity index (χ2n) is 9.54. The molecule has 5 aromatic rings. The number of nitrogens with zero attached hydrogens (tertiary/aromatic N) is 2. The average molecular weight is 574 g/mol. The largest absolute Gasteiger partial charge is 0.416 e. The zero-order valence-corrected chi connectivity index (χ0v) is 22.7. The van der Waals surface area contributed by atoms with E-state index in [2.05, 4.69) is 10.3 Å². The fourth-order valence-corrected chi connectivity index (χ4v) is 4.58. The third kappa shape index (κ3) is 6.07. The molecule has 1 N–H and O–H groups in total. The van der Waals surface area contributed by atoms with Crippen molar-refractivity contribution in [3.8, 4) is 11.1 Å². The Kier molecular flexibility index (Phi) is 7.51. The quantitative estimate of drug-likeness (QED) is 0.232. The number of aromatic nitrogens is 2. The average Bonchev–Trinajstić information content (AvgIpc) is 2.95. The lowest BCUT2D eigenvalue weighted by Gasteiger charge is -2.14. The minimum absolute atomic E-state index is 0.129. The van der Waals surface area contributed by atoms with Gasteiger partial charge in [0.05, 0.1) is 16.8 Å². The minimum atomic E-state index is -4.56. The van der Waals surface area contributed by atoms with E-state index < -0.39 is 17.6 Å². The van der Waals surface area contributed by atoms with Gasteiger partial charge in [-0.05, 0) is 84.3 Å². The van der Waals surface area contributed by atoms with E-state index in [1.165, 1.54) is 12.1 Å². The fourth-order valence-electron chi connectivity index (χ4n) is 4.45. The SMILES string of the molecule is Cc1ccc(NC(=O)c2cccc(C(F)(F)F)c2)cc1-c1cc2cnc(C=Cc3ccc(Cl)cc3)cc2n(C)c1=O. The number of alkyl halides is 3. The van der Waals surface area contributed by atoms with Gasteiger partial charge < -0.3 is 9.88 Å². The van der Waals surface area contributed by atoms with Gasteiger partial charge >= 0.3 is 6.18 Å². The number of pyridine rings is 2. The van der Waals surface area contributed by atoms with Crippen LogP contribution in [0.4, 0.5) is 18.9 Å². The van der Waals surface area contributed by atoms with E-state index in [-0.39, 0.29) is 11.1 Å². The molecule has 1 amide bonds. The van der Waals surface area contributed by atoms with Crippen LogP contribution in [0.25, 0.3) is 34.2 Å². The Bertz CT molecular complexity index is 1880. The maximum Gasteiger partial charge on any atom is 0.416 e. The van der Waals surface area contributed by atoms with Gasteiger partial charge in [-0.3, -0.25) is 14.6 Å². The summed E-state index contributed by atoms with van der Waals surface area (Å²) in [5.41, 5.74) is 3.14. The minimum Gasteiger partial charge on any atom is -0.322 e. The lowest BCUT2D eigenvalue weighted by Crippen LogP contribution is -2.19. The first-order valence-corrected chi connectivity index (χ1v) is 12.9. The van der Waals surface area contributed by atoms with Crippen LogP contribution in [0.1, 0.15) is 32.7 Å². The van der Waals surface area contributed by atoms with E-state index in [4.69, 9.17) is 11.6 Å². The van der Waals surface area contributed by atoms with E-state index in [0.717, 1.165) is 28.6 Å². The summed E-state index contributed by atoms with van der Waals surface area (Å²) in [4.78, 5) is 30.7. The van der Waals surface area contributed by atoms with E-state index in [0.29, 0.717) is 33.0 Å². The third-order valence-corrected chi connectivity index (χ3v) is 6.94. The number of amides is 1. The highest BCUT2D eigenvalue weighted by Crippen LogP contribution is 2.30. The van der Waals surface area contributed by atoms with E-state index in [1.54, 1.807) is 54.2 Å². The first-order valence-electron chi connectivity index (χ1n) is 12.5. The van der Waals surface area contributed by atoms with Crippen LogP contribution < -0.4 is 10.9 Å². The Morgan fingerprint density at radius 1 is 0.951 bits per heavy atom. The number of rotatable bonds is 5. The van der Waals surface area contributed by atoms with Crippen molar-refractivity contribution in [2.24, 2.45) is 7.05 Å². The zero-order chi connectivity index (χ0) is 29.3. The predicted octanol–water partition coefficient (Wildman–Crippen LogP) is 8.00. The molecule has 0 aliphatic carbocycles. The van der Waals surface area contributed by atoms with Crippen LogP contribution >= 0.6 is 11.6 Å². The molecular formula is C32H23ClF3N3O2. The van der Waals surface area contributed by atoms with Crippen LogP contribution in [0, 0.1) is 6.92 Å². The molecule has 5 nitrogen and oxygen atoms in total. The summed E-state index contributed by atoms with van der Waals surface area (Å²) in [5.74, 6) is -0.694. The van der Waals surface area contributed by atoms with Gasteiger partial charge in [0.15, 0.2) is 0 Å². The first kappa shape index (κ1) is 27.9. The van der Waals surface area contributed by atoms with Crippen molar-refractivity contribution >= 4 is 46.3 Å². The van der Waals surface area contributed by atoms with Gasteiger partial charge in [-0.2, -0.15) is 13.2 Å². The van der Waals surface area contributed by atoms with Crippen molar-refractivity contribution < 1.29 is 18.0 Å². The van der Waals surface area contributed by atoms with Crippen molar-refractivity contribution in [1.29, 1.82) is 0 Å². The summed E-state index contributed by atoms with van der Waals surface area (Å²) < 4.78 is 40.8. The lowest BCUT2D eigenvalue weighted by molar-refractivity contribution is -0.137. The van der Waals surface area contributed by atoms with Gasteiger partial charge in [-0.25, -0.2) is 0 Å². The molecule has 41 heavy (non-hydrogen) atoms. The highest BCUT2D eigenvalue weighted by atomic mass is 35.5. The van der Waals surface area contributed by atoms with Crippen LogP contribution in [0.2, 0.25) is 5.02 Å². The summed E-state index contributed by atoms with van der Waals surface area (Å²) in [6, 6.07) is 20.2. The van der Waals surface area contributed by atoms with Crippen molar-refractivity contribution in [2.75, 3.05) is 5.32 Å². The van der Waals surface area contributed by atoms with E-state index >= 15 is 0 Å². The van der Waals surface area contributed by atoms with Gasteiger partial charge in [0.25, 0.3) is 11.5 Å². The van der Waals surface area contributed by atoms with Gasteiger partial charge in [0.1, 0.15) is 0 Å². The standard InChI is InChI=1S/C32H23ClF3N3O2/c1-19-6-12-26(38-30(40)21-4-3-5-23(14-21)32(34,35)36)16-27(19)28-15-22-18-37-25(17-29(22)39(2)31(28)41)13-9-20-7-10-24(33)11-8-20/h3-18H,1-2H3,(H,38,40). The highest BCUT2D eigenvalue weighted by molar-refractivity contribution is 6.30. The summed E-state index contributed by atoms with van der Waals surface area (Å²) in [5, 5.41) is 4.03. The number of fused-ring (bicyclic) bond motifs is 1. The molecule has 0 bridgehead atoms. The number of aryl methyl sites for hydroxylation is 2. The molecule has 0 spiro atoms. The number of carbonyl (C=O) groups excluding carboxylic acids is 1. The second-order valence-corrected chi connectivity index (χ2v) is 9.97. The van der Waals surface area contributed by atoms with Crippen molar-refractivity contribution in [2.45, 2.75) is 13.1 Å². The van der Waals surface area contributed by atoms with E-state index in [9.17, 15) is 22.8 Å². The molecule has 0 unspecified atom stereocenters. The number of hydrogen-bond acceptors (Lipinski definition) is 3. The third-order valence-electron chi connectivity index (χ3n) is 6.68. The summed E-state index contributed by atoms with van der Waals surface area (Å²) in [6.07, 6.45) is 0.877. The molecule has 0 saturated carbocycles. The molecule has 0 fully saturated rings. The zero-order valence-electron chi connectivity index (χ0n) is 22.0. The first-order chi connectivity index (χ1) is 19.5. The Morgan fingerprint density at radius 2 is 1.71 bits per heavy atom. The monoisotopic (exact) mass is 573 g/mol. The Balaban J connectivity index is 1.46. The molecule has 206 valence electrons. The fraction of sp³-hybridized carbons (Fsp3) is 0.0938. The molecule has 5 rings (SSSR count).